The summed E-state index contributed by atoms with van der Waals surface area (Å²) in [5, 5.41) is 8.89. The van der Waals surface area contributed by atoms with E-state index in [1.807, 2.05) is 0 Å². The largest absolute Gasteiger partial charge is 0.550 e. The molecule has 0 atom stereocenters. The molecule has 0 saturated heterocycles. The van der Waals surface area contributed by atoms with E-state index >= 15 is 0 Å². The minimum atomic E-state index is -1.08. The molecule has 0 saturated carbocycles. The molecule has 0 fully saturated rings. The zero-order valence-corrected chi connectivity index (χ0v) is 14.6. The highest BCUT2D eigenvalue weighted by molar-refractivity contribution is 5.60. The lowest BCUT2D eigenvalue weighted by Crippen LogP contribution is -2.33. The van der Waals surface area contributed by atoms with Crippen LogP contribution < -0.4 is 9.67 Å². The zero-order valence-electron chi connectivity index (χ0n) is 14.6. The van der Waals surface area contributed by atoms with Gasteiger partial charge < -0.3 is 9.90 Å². The average molecular weight is 307 g/mol. The molecule has 1 aromatic rings. The summed E-state index contributed by atoms with van der Waals surface area (Å²) in [4.78, 5) is 8.89. The van der Waals surface area contributed by atoms with Crippen molar-refractivity contribution in [3.63, 3.8) is 0 Å². The van der Waals surface area contributed by atoms with Gasteiger partial charge in [-0.15, -0.1) is 0 Å². The van der Waals surface area contributed by atoms with E-state index in [2.05, 4.69) is 42.9 Å². The van der Waals surface area contributed by atoms with Crippen molar-refractivity contribution < 1.29 is 14.5 Å². The number of pyridine rings is 1. The van der Waals surface area contributed by atoms with Crippen LogP contribution in [0.25, 0.3) is 0 Å². The van der Waals surface area contributed by atoms with Crippen LogP contribution in [0.5, 0.6) is 0 Å². The highest BCUT2D eigenvalue weighted by Crippen LogP contribution is 2.07. The quantitative estimate of drug-likeness (QED) is 0.491. The lowest BCUT2D eigenvalue weighted by molar-refractivity contribution is -0.697. The topological polar surface area (TPSA) is 44.0 Å². The van der Waals surface area contributed by atoms with Crippen molar-refractivity contribution in [1.82, 2.24) is 0 Å². The maximum Gasteiger partial charge on any atom is 0.171 e. The van der Waals surface area contributed by atoms with E-state index in [1.54, 1.807) is 0 Å². The Morgan fingerprint density at radius 3 is 2.23 bits per heavy atom. The molecule has 126 valence electrons. The standard InChI is InChI=1S/C17H30N.C2H4O2/c1-3-5-6-7-8-9-10-14-18-15-11-13-17(16-18)12-4-2;1-2(3)4/h11,13,15-16H,3-10,12,14H2,1-2H3;1H3,(H,3,4)/q+1;/p-1. The van der Waals surface area contributed by atoms with Gasteiger partial charge in [-0.2, -0.15) is 0 Å². The first-order valence-corrected chi connectivity index (χ1v) is 8.75. The minimum absolute atomic E-state index is 0.972. The third-order valence-electron chi connectivity index (χ3n) is 3.48. The first-order chi connectivity index (χ1) is 10.6. The molecular formula is C19H33NO2. The number of aryl methyl sites for hydroxylation is 2. The van der Waals surface area contributed by atoms with E-state index in [0.717, 1.165) is 6.92 Å². The molecule has 0 aliphatic carbocycles. The predicted octanol–water partition coefficient (Wildman–Crippen LogP) is 3.43. The fourth-order valence-corrected chi connectivity index (χ4v) is 2.40. The van der Waals surface area contributed by atoms with Gasteiger partial charge in [0.1, 0.15) is 6.54 Å². The fourth-order valence-electron chi connectivity index (χ4n) is 2.40. The number of rotatable bonds is 10. The Balaban J connectivity index is 0.000000980. The molecule has 0 bridgehead atoms. The number of carboxylic acids is 1. The van der Waals surface area contributed by atoms with Crippen molar-refractivity contribution >= 4 is 5.97 Å². The maximum atomic E-state index is 8.89. The summed E-state index contributed by atoms with van der Waals surface area (Å²) in [7, 11) is 0. The van der Waals surface area contributed by atoms with E-state index in [9.17, 15) is 0 Å². The number of aromatic nitrogens is 1. The average Bonchev–Trinajstić information content (AvgIpc) is 2.46. The minimum Gasteiger partial charge on any atom is -0.550 e. The molecule has 0 N–H and O–H groups in total. The summed E-state index contributed by atoms with van der Waals surface area (Å²) < 4.78 is 2.36. The number of carboxylic acid groups (broad SMARTS) is 1. The van der Waals surface area contributed by atoms with Crippen molar-refractivity contribution in [2.24, 2.45) is 0 Å². The van der Waals surface area contributed by atoms with E-state index < -0.39 is 5.97 Å². The number of carbonyl (C=O) groups is 1. The smallest absolute Gasteiger partial charge is 0.171 e. The van der Waals surface area contributed by atoms with Gasteiger partial charge in [-0.3, -0.25) is 0 Å². The Morgan fingerprint density at radius 1 is 1.05 bits per heavy atom. The van der Waals surface area contributed by atoms with Gasteiger partial charge in [0, 0.05) is 24.0 Å². The Bertz CT molecular complexity index is 387. The number of hydrogen-bond acceptors (Lipinski definition) is 2. The Labute approximate surface area is 136 Å². The van der Waals surface area contributed by atoms with Crippen molar-refractivity contribution in [2.75, 3.05) is 0 Å². The van der Waals surface area contributed by atoms with Gasteiger partial charge in [-0.1, -0.05) is 52.4 Å². The molecule has 3 nitrogen and oxygen atoms in total. The normalized spacial score (nSPS) is 9.95. The van der Waals surface area contributed by atoms with Crippen LogP contribution in [0.1, 0.15) is 77.7 Å². The Morgan fingerprint density at radius 2 is 1.64 bits per heavy atom. The molecule has 1 rings (SSSR count). The zero-order chi connectivity index (χ0) is 16.6. The second-order valence-electron chi connectivity index (χ2n) is 5.81. The monoisotopic (exact) mass is 307 g/mol. The summed E-state index contributed by atoms with van der Waals surface area (Å²) in [5.41, 5.74) is 1.47. The van der Waals surface area contributed by atoms with Crippen LogP contribution in [0, 0.1) is 0 Å². The number of unbranched alkanes of at least 4 members (excludes halogenated alkanes) is 6. The van der Waals surface area contributed by atoms with Crippen LogP contribution in [0.15, 0.2) is 24.5 Å². The molecule has 0 spiro atoms. The van der Waals surface area contributed by atoms with Crippen molar-refractivity contribution in [2.45, 2.75) is 85.1 Å². The summed E-state index contributed by atoms with van der Waals surface area (Å²) in [6, 6.07) is 4.43. The number of carbonyl (C=O) groups excluding carboxylic acids is 1. The first kappa shape index (κ1) is 20.6. The molecule has 0 aliphatic heterocycles. The van der Waals surface area contributed by atoms with E-state index in [1.165, 1.54) is 69.9 Å². The molecule has 1 heterocycles. The highest BCUT2D eigenvalue weighted by atomic mass is 16.4. The molecule has 22 heavy (non-hydrogen) atoms. The van der Waals surface area contributed by atoms with Gasteiger partial charge in [0.2, 0.25) is 0 Å². The predicted molar refractivity (Wildman–Crippen MR) is 89.3 cm³/mol. The van der Waals surface area contributed by atoms with Crippen molar-refractivity contribution in [3.8, 4) is 0 Å². The Hall–Kier alpha value is -1.38. The molecule has 0 radical (unpaired) electrons. The molecule has 0 aliphatic rings. The van der Waals surface area contributed by atoms with Crippen LogP contribution in [0.4, 0.5) is 0 Å². The second kappa shape index (κ2) is 14.6. The SMILES string of the molecule is CC(=O)[O-].CCCCCCCCC[n+]1cccc(CCC)c1. The number of hydrogen-bond donors (Lipinski definition) is 0. The molecular weight excluding hydrogens is 274 g/mol. The van der Waals surface area contributed by atoms with Gasteiger partial charge in [0.25, 0.3) is 0 Å². The van der Waals surface area contributed by atoms with Crippen molar-refractivity contribution in [3.05, 3.63) is 30.1 Å². The van der Waals surface area contributed by atoms with E-state index in [4.69, 9.17) is 9.90 Å². The third-order valence-corrected chi connectivity index (χ3v) is 3.48. The Kier molecular flexibility index (Phi) is 13.6. The number of aliphatic carboxylic acids is 1. The second-order valence-corrected chi connectivity index (χ2v) is 5.81. The molecule has 1 aromatic heterocycles. The van der Waals surface area contributed by atoms with Crippen LogP contribution in [0.3, 0.4) is 0 Å². The third kappa shape index (κ3) is 13.6. The highest BCUT2D eigenvalue weighted by Gasteiger charge is 2.01. The van der Waals surface area contributed by atoms with Gasteiger partial charge >= 0.3 is 0 Å². The summed E-state index contributed by atoms with van der Waals surface area (Å²) in [6.07, 6.45) is 16.7. The lowest BCUT2D eigenvalue weighted by Gasteiger charge is -2.01. The fraction of sp³-hybridized carbons (Fsp3) is 0.684. The number of nitrogens with zero attached hydrogens (tertiary/aromatic N) is 1. The van der Waals surface area contributed by atoms with Gasteiger partial charge in [-0.05, 0) is 25.8 Å². The van der Waals surface area contributed by atoms with Crippen LogP contribution >= 0.6 is 0 Å². The molecule has 0 amide bonds. The first-order valence-electron chi connectivity index (χ1n) is 8.75. The van der Waals surface area contributed by atoms with Gasteiger partial charge in [0.15, 0.2) is 12.4 Å². The van der Waals surface area contributed by atoms with Crippen LogP contribution in [0.2, 0.25) is 0 Å². The maximum absolute atomic E-state index is 8.89. The van der Waals surface area contributed by atoms with E-state index in [-0.39, 0.29) is 0 Å². The van der Waals surface area contributed by atoms with Crippen molar-refractivity contribution in [1.29, 1.82) is 0 Å². The lowest BCUT2D eigenvalue weighted by atomic mass is 10.1. The summed E-state index contributed by atoms with van der Waals surface area (Å²) in [5.74, 6) is -1.08. The summed E-state index contributed by atoms with van der Waals surface area (Å²) >= 11 is 0. The molecule has 0 unspecified atom stereocenters. The molecule has 3 heteroatoms. The van der Waals surface area contributed by atoms with Crippen LogP contribution in [-0.4, -0.2) is 5.97 Å². The van der Waals surface area contributed by atoms with Crippen LogP contribution in [-0.2, 0) is 17.8 Å². The van der Waals surface area contributed by atoms with Gasteiger partial charge in [-0.25, -0.2) is 4.57 Å². The summed E-state index contributed by atoms with van der Waals surface area (Å²) in [6.45, 7) is 6.68. The van der Waals surface area contributed by atoms with Gasteiger partial charge in [0.05, 0.1) is 0 Å². The molecule has 0 aromatic carbocycles. The van der Waals surface area contributed by atoms with E-state index in [0.29, 0.717) is 0 Å².